The van der Waals surface area contributed by atoms with Gasteiger partial charge in [0.05, 0.1) is 5.69 Å². The molecule has 0 saturated carbocycles. The lowest BCUT2D eigenvalue weighted by Gasteiger charge is -2.30. The van der Waals surface area contributed by atoms with E-state index in [2.05, 4.69) is 32.2 Å². The van der Waals surface area contributed by atoms with Crippen LogP contribution in [0, 0.1) is 0 Å². The number of hydrogen-bond donors (Lipinski definition) is 2. The van der Waals surface area contributed by atoms with Gasteiger partial charge in [0, 0.05) is 23.1 Å². The summed E-state index contributed by atoms with van der Waals surface area (Å²) in [6, 6.07) is 12.3. The van der Waals surface area contributed by atoms with Gasteiger partial charge in [0.2, 0.25) is 5.91 Å². The van der Waals surface area contributed by atoms with E-state index in [4.69, 9.17) is 4.99 Å². The van der Waals surface area contributed by atoms with Crippen LogP contribution in [0.3, 0.4) is 0 Å². The number of nitrogens with one attached hydrogen (secondary N) is 1. The number of hydrogen-bond acceptors (Lipinski definition) is 4. The number of phenols is 1. The van der Waals surface area contributed by atoms with Gasteiger partial charge in [0.1, 0.15) is 17.6 Å². The van der Waals surface area contributed by atoms with Gasteiger partial charge in [-0.25, -0.2) is 4.99 Å². The van der Waals surface area contributed by atoms with Gasteiger partial charge in [-0.3, -0.25) is 4.79 Å². The zero-order valence-electron chi connectivity index (χ0n) is 12.9. The smallest absolute Gasteiger partial charge is 0.247 e. The molecule has 2 aliphatic rings. The molecule has 1 fully saturated rings. The quantitative estimate of drug-likeness (QED) is 0.772. The third kappa shape index (κ3) is 2.78. The van der Waals surface area contributed by atoms with Gasteiger partial charge in [-0.15, -0.1) is 0 Å². The number of anilines is 1. The Hall–Kier alpha value is -2.34. The van der Waals surface area contributed by atoms with Crippen LogP contribution in [-0.2, 0) is 11.3 Å². The second-order valence-corrected chi connectivity index (χ2v) is 6.94. The Kier molecular flexibility index (Phi) is 3.76. The van der Waals surface area contributed by atoms with E-state index in [-0.39, 0.29) is 17.7 Å². The van der Waals surface area contributed by atoms with Crippen LogP contribution in [0.15, 0.2) is 51.9 Å². The molecule has 2 aromatic carbocycles. The van der Waals surface area contributed by atoms with E-state index in [1.54, 1.807) is 24.3 Å². The Labute approximate surface area is 148 Å². The number of benzene rings is 2. The number of amides is 1. The normalized spacial score (nSPS) is 18.6. The molecule has 1 saturated heterocycles. The molecule has 0 aromatic heterocycles. The second kappa shape index (κ2) is 5.94. The number of amidine groups is 1. The van der Waals surface area contributed by atoms with E-state index in [1.807, 2.05) is 12.1 Å². The number of rotatable bonds is 2. The minimum atomic E-state index is -0.218. The minimum absolute atomic E-state index is 0.0377. The fourth-order valence-corrected chi connectivity index (χ4v) is 3.63. The molecule has 0 radical (unpaired) electrons. The van der Waals surface area contributed by atoms with Crippen LogP contribution in [0.2, 0.25) is 0 Å². The first-order valence-electron chi connectivity index (χ1n) is 7.83. The molecule has 2 aromatic rings. The number of aliphatic imine (C=N–C) groups is 1. The summed E-state index contributed by atoms with van der Waals surface area (Å²) in [7, 11) is 0. The molecule has 4 rings (SSSR count). The van der Waals surface area contributed by atoms with Crippen LogP contribution in [0.5, 0.6) is 5.75 Å². The van der Waals surface area contributed by atoms with E-state index in [1.165, 1.54) is 0 Å². The lowest BCUT2D eigenvalue weighted by molar-refractivity contribution is -0.119. The first-order valence-corrected chi connectivity index (χ1v) is 8.62. The van der Waals surface area contributed by atoms with Gasteiger partial charge in [-0.2, -0.15) is 0 Å². The van der Waals surface area contributed by atoms with E-state index < -0.39 is 0 Å². The molecule has 1 amide bonds. The number of carbonyl (C=O) groups is 1. The average molecular weight is 386 g/mol. The predicted octanol–water partition coefficient (Wildman–Crippen LogP) is 3.80. The Morgan fingerprint density at radius 2 is 2.04 bits per heavy atom. The van der Waals surface area contributed by atoms with Crippen molar-refractivity contribution in [3.8, 4) is 5.75 Å². The Bertz CT molecular complexity index is 833. The van der Waals surface area contributed by atoms with Crippen molar-refractivity contribution >= 4 is 39.0 Å². The molecule has 5 nitrogen and oxygen atoms in total. The standard InChI is InChI=1S/C18H16BrN3O2/c19-12-1-6-15-11(9-12)10-22-16(7-8-17(22)21-15)18(24)20-13-2-4-14(23)5-3-13/h1-6,9,16,23H,7-8,10H2,(H,20,24)/t16-/m0/s1. The number of carbonyl (C=O) groups excluding carboxylic acids is 1. The Balaban J connectivity index is 1.54. The number of nitrogens with zero attached hydrogens (tertiary/aromatic N) is 2. The molecule has 1 atom stereocenters. The number of halogens is 1. The number of aromatic hydroxyl groups is 1. The summed E-state index contributed by atoms with van der Waals surface area (Å²) in [5.41, 5.74) is 2.80. The van der Waals surface area contributed by atoms with Crippen molar-refractivity contribution in [1.29, 1.82) is 0 Å². The molecule has 6 heteroatoms. The van der Waals surface area contributed by atoms with Crippen LogP contribution in [0.1, 0.15) is 18.4 Å². The molecule has 0 unspecified atom stereocenters. The maximum atomic E-state index is 12.7. The van der Waals surface area contributed by atoms with Crippen molar-refractivity contribution in [3.05, 3.63) is 52.5 Å². The first-order chi connectivity index (χ1) is 11.6. The van der Waals surface area contributed by atoms with Gasteiger partial charge in [0.25, 0.3) is 0 Å². The van der Waals surface area contributed by atoms with E-state index >= 15 is 0 Å². The fraction of sp³-hybridized carbons (Fsp3) is 0.222. The molecule has 24 heavy (non-hydrogen) atoms. The summed E-state index contributed by atoms with van der Waals surface area (Å²) in [6.07, 6.45) is 1.57. The third-order valence-electron chi connectivity index (χ3n) is 4.42. The monoisotopic (exact) mass is 385 g/mol. The molecule has 0 spiro atoms. The number of fused-ring (bicyclic) bond motifs is 2. The zero-order chi connectivity index (χ0) is 16.7. The van der Waals surface area contributed by atoms with Gasteiger partial charge < -0.3 is 15.3 Å². The Morgan fingerprint density at radius 3 is 2.83 bits per heavy atom. The van der Waals surface area contributed by atoms with Crippen molar-refractivity contribution < 1.29 is 9.90 Å². The maximum Gasteiger partial charge on any atom is 0.247 e. The van der Waals surface area contributed by atoms with Crippen molar-refractivity contribution in [2.75, 3.05) is 5.32 Å². The van der Waals surface area contributed by atoms with Crippen LogP contribution in [-0.4, -0.2) is 27.8 Å². The summed E-state index contributed by atoms with van der Waals surface area (Å²) in [5, 5.41) is 12.3. The fourth-order valence-electron chi connectivity index (χ4n) is 3.22. The molecule has 2 N–H and O–H groups in total. The van der Waals surface area contributed by atoms with Crippen molar-refractivity contribution in [1.82, 2.24) is 4.90 Å². The van der Waals surface area contributed by atoms with Gasteiger partial charge in [-0.05, 0) is 54.4 Å². The topological polar surface area (TPSA) is 64.9 Å². The van der Waals surface area contributed by atoms with E-state index in [0.29, 0.717) is 12.2 Å². The minimum Gasteiger partial charge on any atom is -0.508 e. The average Bonchev–Trinajstić information content (AvgIpc) is 2.97. The molecule has 0 bridgehead atoms. The molecule has 2 heterocycles. The van der Waals surface area contributed by atoms with Crippen LogP contribution in [0.4, 0.5) is 11.4 Å². The highest BCUT2D eigenvalue weighted by molar-refractivity contribution is 9.10. The summed E-state index contributed by atoms with van der Waals surface area (Å²) in [5.74, 6) is 1.13. The molecular weight excluding hydrogens is 370 g/mol. The second-order valence-electron chi connectivity index (χ2n) is 6.02. The predicted molar refractivity (Wildman–Crippen MR) is 96.5 cm³/mol. The van der Waals surface area contributed by atoms with Gasteiger partial charge >= 0.3 is 0 Å². The van der Waals surface area contributed by atoms with Gasteiger partial charge in [-0.1, -0.05) is 15.9 Å². The highest BCUT2D eigenvalue weighted by Gasteiger charge is 2.36. The zero-order valence-corrected chi connectivity index (χ0v) is 14.5. The van der Waals surface area contributed by atoms with Crippen molar-refractivity contribution in [2.45, 2.75) is 25.4 Å². The van der Waals surface area contributed by atoms with Gasteiger partial charge in [0.15, 0.2) is 0 Å². The summed E-state index contributed by atoms with van der Waals surface area (Å²) < 4.78 is 1.02. The summed E-state index contributed by atoms with van der Waals surface area (Å²) in [4.78, 5) is 19.5. The molecular formula is C18H16BrN3O2. The van der Waals surface area contributed by atoms with Crippen LogP contribution >= 0.6 is 15.9 Å². The highest BCUT2D eigenvalue weighted by Crippen LogP contribution is 2.35. The highest BCUT2D eigenvalue weighted by atomic mass is 79.9. The summed E-state index contributed by atoms with van der Waals surface area (Å²) in [6.45, 7) is 0.696. The molecule has 122 valence electrons. The van der Waals surface area contributed by atoms with Crippen LogP contribution in [0.25, 0.3) is 0 Å². The SMILES string of the molecule is O=C(Nc1ccc(O)cc1)[C@@H]1CCC2=Nc3ccc(Br)cc3CN21. The lowest BCUT2D eigenvalue weighted by atomic mass is 10.1. The van der Waals surface area contributed by atoms with E-state index in [0.717, 1.165) is 34.4 Å². The maximum absolute atomic E-state index is 12.7. The van der Waals surface area contributed by atoms with Crippen molar-refractivity contribution in [3.63, 3.8) is 0 Å². The third-order valence-corrected chi connectivity index (χ3v) is 4.91. The number of phenolic OH excluding ortho intramolecular Hbond substituents is 1. The van der Waals surface area contributed by atoms with Crippen molar-refractivity contribution in [2.24, 2.45) is 4.99 Å². The molecule has 0 aliphatic carbocycles. The van der Waals surface area contributed by atoms with Crippen LogP contribution < -0.4 is 5.32 Å². The largest absolute Gasteiger partial charge is 0.508 e. The summed E-state index contributed by atoms with van der Waals surface area (Å²) >= 11 is 3.49. The van der Waals surface area contributed by atoms with E-state index in [9.17, 15) is 9.90 Å². The lowest BCUT2D eigenvalue weighted by Crippen LogP contribution is -2.42. The molecule has 2 aliphatic heterocycles. The first kappa shape index (κ1) is 15.2. The Morgan fingerprint density at radius 1 is 1.25 bits per heavy atom.